The zero-order valence-corrected chi connectivity index (χ0v) is 9.34. The van der Waals surface area contributed by atoms with Crippen LogP contribution >= 0.6 is 0 Å². The molecule has 0 saturated heterocycles. The summed E-state index contributed by atoms with van der Waals surface area (Å²) in [6.45, 7) is 1.97. The minimum absolute atomic E-state index is 0.296. The van der Waals surface area contributed by atoms with Crippen LogP contribution in [0.4, 0.5) is 4.79 Å². The zero-order chi connectivity index (χ0) is 12.7. The van der Waals surface area contributed by atoms with Gasteiger partial charge in [0.15, 0.2) is 6.33 Å². The van der Waals surface area contributed by atoms with Crippen molar-refractivity contribution in [3.05, 3.63) is 12.2 Å². The summed E-state index contributed by atoms with van der Waals surface area (Å²) >= 11 is 0. The van der Waals surface area contributed by atoms with E-state index in [1.807, 2.05) is 0 Å². The third-order valence-corrected chi connectivity index (χ3v) is 2.04. The van der Waals surface area contributed by atoms with Crippen LogP contribution in [-0.4, -0.2) is 39.8 Å². The minimum Gasteiger partial charge on any atom is -0.480 e. The van der Waals surface area contributed by atoms with Gasteiger partial charge >= 0.3 is 12.0 Å². The fraction of sp³-hybridized carbons (Fsp3) is 0.556. The molecule has 0 saturated carbocycles. The number of aromatic nitrogens is 2. The molecule has 94 valence electrons. The van der Waals surface area contributed by atoms with Gasteiger partial charge in [-0.25, -0.2) is 9.59 Å². The molecule has 1 atom stereocenters. The maximum atomic E-state index is 11.3. The van der Waals surface area contributed by atoms with Crippen molar-refractivity contribution < 1.29 is 19.2 Å². The summed E-state index contributed by atoms with van der Waals surface area (Å²) in [5.74, 6) is -0.643. The van der Waals surface area contributed by atoms with Gasteiger partial charge in [-0.3, -0.25) is 0 Å². The fourth-order valence-corrected chi connectivity index (χ4v) is 1.14. The third-order valence-electron chi connectivity index (χ3n) is 2.04. The highest BCUT2D eigenvalue weighted by Gasteiger charge is 2.16. The Kier molecular flexibility index (Phi) is 4.92. The van der Waals surface area contributed by atoms with Crippen LogP contribution in [0.15, 0.2) is 10.9 Å². The predicted octanol–water partition coefficient (Wildman–Crippen LogP) is -0.225. The Labute approximate surface area is 97.4 Å². The topological polar surface area (TPSA) is 117 Å². The first-order valence-electron chi connectivity index (χ1n) is 5.16. The number of carboxylic acid groups (broad SMARTS) is 1. The molecule has 1 aromatic heterocycles. The number of aliphatic carboxylic acids is 1. The summed E-state index contributed by atoms with van der Waals surface area (Å²) in [6.07, 6.45) is 2.00. The lowest BCUT2D eigenvalue weighted by atomic mass is 10.2. The van der Waals surface area contributed by atoms with Crippen LogP contribution < -0.4 is 10.6 Å². The molecule has 0 radical (unpaired) electrons. The Morgan fingerprint density at radius 1 is 1.59 bits per heavy atom. The molecular formula is C9H14N4O4. The van der Waals surface area contributed by atoms with E-state index in [2.05, 4.69) is 20.8 Å². The minimum atomic E-state index is -1.06. The van der Waals surface area contributed by atoms with Crippen molar-refractivity contribution in [2.75, 3.05) is 6.54 Å². The van der Waals surface area contributed by atoms with Gasteiger partial charge in [0.2, 0.25) is 5.89 Å². The van der Waals surface area contributed by atoms with E-state index in [0.717, 1.165) is 0 Å². The number of nitrogens with zero attached hydrogens (tertiary/aromatic N) is 2. The van der Waals surface area contributed by atoms with Crippen LogP contribution in [0.25, 0.3) is 0 Å². The van der Waals surface area contributed by atoms with E-state index in [1.165, 1.54) is 6.33 Å². The van der Waals surface area contributed by atoms with Crippen molar-refractivity contribution in [1.29, 1.82) is 0 Å². The Hall–Kier alpha value is -2.12. The number of carbonyl (C=O) groups excluding carboxylic acids is 1. The summed E-state index contributed by atoms with van der Waals surface area (Å²) < 4.78 is 4.73. The van der Waals surface area contributed by atoms with E-state index in [1.54, 1.807) is 6.92 Å². The van der Waals surface area contributed by atoms with E-state index in [0.29, 0.717) is 25.3 Å². The molecule has 8 nitrogen and oxygen atoms in total. The van der Waals surface area contributed by atoms with Crippen LogP contribution in [0.5, 0.6) is 0 Å². The quantitative estimate of drug-likeness (QED) is 0.634. The molecule has 0 unspecified atom stereocenters. The van der Waals surface area contributed by atoms with E-state index < -0.39 is 18.0 Å². The van der Waals surface area contributed by atoms with Crippen LogP contribution in [-0.2, 0) is 11.2 Å². The lowest BCUT2D eigenvalue weighted by Crippen LogP contribution is -2.46. The molecule has 0 bridgehead atoms. The molecule has 17 heavy (non-hydrogen) atoms. The second kappa shape index (κ2) is 6.46. The fourth-order valence-electron chi connectivity index (χ4n) is 1.14. The normalized spacial score (nSPS) is 11.8. The highest BCUT2D eigenvalue weighted by atomic mass is 16.5. The van der Waals surface area contributed by atoms with Gasteiger partial charge in [-0.2, -0.15) is 4.98 Å². The molecule has 1 rings (SSSR count). The molecular weight excluding hydrogens is 228 g/mol. The molecule has 2 amide bonds. The second-order valence-electron chi connectivity index (χ2n) is 3.28. The number of rotatable bonds is 6. The molecule has 1 heterocycles. The highest BCUT2D eigenvalue weighted by Crippen LogP contribution is 1.92. The van der Waals surface area contributed by atoms with Gasteiger partial charge in [-0.1, -0.05) is 12.1 Å². The molecule has 1 aromatic rings. The van der Waals surface area contributed by atoms with Crippen LogP contribution in [0.3, 0.4) is 0 Å². The van der Waals surface area contributed by atoms with Gasteiger partial charge in [0.1, 0.15) is 6.04 Å². The highest BCUT2D eigenvalue weighted by molar-refractivity contribution is 5.82. The van der Waals surface area contributed by atoms with Crippen LogP contribution in [0.1, 0.15) is 19.2 Å². The first-order valence-corrected chi connectivity index (χ1v) is 5.16. The number of carbonyl (C=O) groups is 2. The van der Waals surface area contributed by atoms with Crippen molar-refractivity contribution in [2.24, 2.45) is 0 Å². The van der Waals surface area contributed by atoms with E-state index >= 15 is 0 Å². The molecule has 0 aromatic carbocycles. The van der Waals surface area contributed by atoms with Gasteiger partial charge in [-0.15, -0.1) is 0 Å². The summed E-state index contributed by atoms with van der Waals surface area (Å²) in [5, 5.41) is 17.0. The van der Waals surface area contributed by atoms with Gasteiger partial charge in [-0.05, 0) is 6.42 Å². The van der Waals surface area contributed by atoms with Crippen molar-refractivity contribution in [2.45, 2.75) is 25.8 Å². The Morgan fingerprint density at radius 3 is 2.88 bits per heavy atom. The summed E-state index contributed by atoms with van der Waals surface area (Å²) in [7, 11) is 0. The Morgan fingerprint density at radius 2 is 2.35 bits per heavy atom. The van der Waals surface area contributed by atoms with E-state index in [-0.39, 0.29) is 0 Å². The van der Waals surface area contributed by atoms with Crippen LogP contribution in [0, 0.1) is 0 Å². The number of carboxylic acids is 1. The molecule has 0 spiro atoms. The Bertz CT molecular complexity index is 365. The Balaban J connectivity index is 2.23. The summed E-state index contributed by atoms with van der Waals surface area (Å²) in [5.41, 5.74) is 0. The molecule has 0 aliphatic carbocycles. The first kappa shape index (κ1) is 12.9. The zero-order valence-electron chi connectivity index (χ0n) is 9.34. The monoisotopic (exact) mass is 242 g/mol. The average Bonchev–Trinajstić information content (AvgIpc) is 2.78. The van der Waals surface area contributed by atoms with Crippen molar-refractivity contribution in [3.63, 3.8) is 0 Å². The SMILES string of the molecule is CC[C@H](NC(=O)NCCc1ncno1)C(=O)O. The van der Waals surface area contributed by atoms with Gasteiger partial charge in [0, 0.05) is 13.0 Å². The van der Waals surface area contributed by atoms with Gasteiger partial charge in [0.05, 0.1) is 0 Å². The predicted molar refractivity (Wildman–Crippen MR) is 56.3 cm³/mol. The van der Waals surface area contributed by atoms with Crippen molar-refractivity contribution in [1.82, 2.24) is 20.8 Å². The number of hydrogen-bond acceptors (Lipinski definition) is 5. The smallest absolute Gasteiger partial charge is 0.326 e. The number of urea groups is 1. The van der Waals surface area contributed by atoms with Crippen molar-refractivity contribution >= 4 is 12.0 Å². The summed E-state index contributed by atoms with van der Waals surface area (Å²) in [6, 6.07) is -1.41. The van der Waals surface area contributed by atoms with E-state index in [4.69, 9.17) is 9.63 Å². The first-order chi connectivity index (χ1) is 8.13. The van der Waals surface area contributed by atoms with Gasteiger partial charge in [0.25, 0.3) is 0 Å². The lowest BCUT2D eigenvalue weighted by molar-refractivity contribution is -0.139. The average molecular weight is 242 g/mol. The van der Waals surface area contributed by atoms with Gasteiger partial charge < -0.3 is 20.3 Å². The number of nitrogens with one attached hydrogen (secondary N) is 2. The van der Waals surface area contributed by atoms with Crippen molar-refractivity contribution in [3.8, 4) is 0 Å². The molecule has 0 fully saturated rings. The second-order valence-corrected chi connectivity index (χ2v) is 3.28. The van der Waals surface area contributed by atoms with Crippen LogP contribution in [0.2, 0.25) is 0 Å². The maximum absolute atomic E-state index is 11.3. The summed E-state index contributed by atoms with van der Waals surface area (Å²) in [4.78, 5) is 25.7. The molecule has 8 heteroatoms. The maximum Gasteiger partial charge on any atom is 0.326 e. The number of hydrogen-bond donors (Lipinski definition) is 3. The molecule has 0 aliphatic rings. The lowest BCUT2D eigenvalue weighted by Gasteiger charge is -2.12. The largest absolute Gasteiger partial charge is 0.480 e. The standard InChI is InChI=1S/C9H14N4O4/c1-2-6(8(14)15)13-9(16)10-4-3-7-11-5-12-17-7/h5-6H,2-4H2,1H3,(H,14,15)(H2,10,13,16)/t6-/m0/s1. The van der Waals surface area contributed by atoms with E-state index in [9.17, 15) is 9.59 Å². The third kappa shape index (κ3) is 4.49. The molecule has 3 N–H and O–H groups in total. The number of amides is 2. The molecule has 0 aliphatic heterocycles.